The predicted molar refractivity (Wildman–Crippen MR) is 95.8 cm³/mol. The maximum absolute atomic E-state index is 12.1. The van der Waals surface area contributed by atoms with Crippen molar-refractivity contribution in [1.82, 2.24) is 5.32 Å². The third-order valence-corrected chi connectivity index (χ3v) is 5.06. The van der Waals surface area contributed by atoms with Gasteiger partial charge < -0.3 is 5.32 Å². The summed E-state index contributed by atoms with van der Waals surface area (Å²) in [5, 5.41) is 2.86. The first kappa shape index (κ1) is 17.4. The standard InChI is InChI=1S/C19H23NO2S/c1-15-7-3-5-9-17(15)11-12-20-19(21)14-23(22)13-18-10-6-4-8-16(18)2/h3-10H,11-14H2,1-2H3,(H,20,21)/t23-/m0/s1. The van der Waals surface area contributed by atoms with E-state index in [0.717, 1.165) is 17.5 Å². The molecule has 0 radical (unpaired) electrons. The van der Waals surface area contributed by atoms with Crippen molar-refractivity contribution in [3.8, 4) is 0 Å². The molecule has 0 saturated carbocycles. The van der Waals surface area contributed by atoms with E-state index < -0.39 is 10.8 Å². The number of aryl methyl sites for hydroxylation is 2. The normalized spacial score (nSPS) is 11.9. The first-order chi connectivity index (χ1) is 11.1. The van der Waals surface area contributed by atoms with Gasteiger partial charge in [-0.1, -0.05) is 48.5 Å². The molecule has 4 heteroatoms. The van der Waals surface area contributed by atoms with E-state index in [-0.39, 0.29) is 11.7 Å². The number of rotatable bonds is 7. The van der Waals surface area contributed by atoms with Gasteiger partial charge in [0, 0.05) is 23.1 Å². The van der Waals surface area contributed by atoms with Crippen molar-refractivity contribution in [2.45, 2.75) is 26.0 Å². The highest BCUT2D eigenvalue weighted by Crippen LogP contribution is 2.10. The van der Waals surface area contributed by atoms with E-state index in [0.29, 0.717) is 12.3 Å². The molecule has 0 aliphatic heterocycles. The second-order valence-electron chi connectivity index (χ2n) is 5.68. The van der Waals surface area contributed by atoms with Gasteiger partial charge in [-0.05, 0) is 42.5 Å². The summed E-state index contributed by atoms with van der Waals surface area (Å²) in [6.45, 7) is 4.63. The second-order valence-corrected chi connectivity index (χ2v) is 7.14. The summed E-state index contributed by atoms with van der Waals surface area (Å²) in [4.78, 5) is 11.9. The maximum atomic E-state index is 12.1. The van der Waals surface area contributed by atoms with Crippen molar-refractivity contribution in [3.63, 3.8) is 0 Å². The summed E-state index contributed by atoms with van der Waals surface area (Å²) in [6.07, 6.45) is 0.794. The summed E-state index contributed by atoms with van der Waals surface area (Å²) in [6, 6.07) is 16.0. The Kier molecular flexibility index (Phi) is 6.53. The zero-order valence-corrected chi connectivity index (χ0v) is 14.5. The molecule has 122 valence electrons. The lowest BCUT2D eigenvalue weighted by molar-refractivity contribution is -0.118. The van der Waals surface area contributed by atoms with E-state index in [9.17, 15) is 9.00 Å². The number of hydrogen-bond acceptors (Lipinski definition) is 2. The van der Waals surface area contributed by atoms with Gasteiger partial charge in [0.15, 0.2) is 0 Å². The Morgan fingerprint density at radius 2 is 1.52 bits per heavy atom. The lowest BCUT2D eigenvalue weighted by Crippen LogP contribution is -2.30. The molecule has 1 atom stereocenters. The van der Waals surface area contributed by atoms with Gasteiger partial charge in [-0.2, -0.15) is 0 Å². The lowest BCUT2D eigenvalue weighted by Gasteiger charge is -2.08. The van der Waals surface area contributed by atoms with E-state index in [4.69, 9.17) is 0 Å². The number of carbonyl (C=O) groups excluding carboxylic acids is 1. The zero-order chi connectivity index (χ0) is 16.7. The molecule has 0 saturated heterocycles. The monoisotopic (exact) mass is 329 g/mol. The highest BCUT2D eigenvalue weighted by Gasteiger charge is 2.09. The van der Waals surface area contributed by atoms with Gasteiger partial charge in [0.25, 0.3) is 0 Å². The minimum Gasteiger partial charge on any atom is -0.355 e. The number of benzene rings is 2. The molecule has 0 spiro atoms. The van der Waals surface area contributed by atoms with Crippen LogP contribution < -0.4 is 5.32 Å². The topological polar surface area (TPSA) is 46.2 Å². The molecule has 2 aromatic carbocycles. The van der Waals surface area contributed by atoms with Gasteiger partial charge in [-0.3, -0.25) is 9.00 Å². The fraction of sp³-hybridized carbons (Fsp3) is 0.316. The molecule has 0 fully saturated rings. The molecule has 1 N–H and O–H groups in total. The van der Waals surface area contributed by atoms with Crippen LogP contribution >= 0.6 is 0 Å². The van der Waals surface area contributed by atoms with E-state index in [1.807, 2.05) is 43.3 Å². The van der Waals surface area contributed by atoms with Gasteiger partial charge in [0.05, 0.1) is 0 Å². The highest BCUT2D eigenvalue weighted by molar-refractivity contribution is 7.84. The van der Waals surface area contributed by atoms with Crippen molar-refractivity contribution in [2.75, 3.05) is 12.3 Å². The van der Waals surface area contributed by atoms with Gasteiger partial charge in [-0.25, -0.2) is 0 Å². The van der Waals surface area contributed by atoms with E-state index in [1.54, 1.807) is 0 Å². The smallest absolute Gasteiger partial charge is 0.232 e. The van der Waals surface area contributed by atoms with Crippen LogP contribution in [0, 0.1) is 13.8 Å². The van der Waals surface area contributed by atoms with Crippen molar-refractivity contribution in [2.24, 2.45) is 0 Å². The van der Waals surface area contributed by atoms with Crippen LogP contribution in [0.15, 0.2) is 48.5 Å². The minimum absolute atomic E-state index is 0.0576. The van der Waals surface area contributed by atoms with Crippen LogP contribution in [0.1, 0.15) is 22.3 Å². The predicted octanol–water partition coefficient (Wildman–Crippen LogP) is 2.91. The fourth-order valence-corrected chi connectivity index (χ4v) is 3.59. The summed E-state index contributed by atoms with van der Waals surface area (Å²) >= 11 is 0. The molecule has 2 aromatic rings. The van der Waals surface area contributed by atoms with Crippen LogP contribution in [0.5, 0.6) is 0 Å². The molecule has 0 aromatic heterocycles. The van der Waals surface area contributed by atoms with Gasteiger partial charge in [-0.15, -0.1) is 0 Å². The molecule has 0 bridgehead atoms. The molecule has 3 nitrogen and oxygen atoms in total. The Balaban J connectivity index is 1.75. The largest absolute Gasteiger partial charge is 0.355 e. The molecular formula is C19H23NO2S. The Morgan fingerprint density at radius 3 is 2.13 bits per heavy atom. The van der Waals surface area contributed by atoms with E-state index >= 15 is 0 Å². The summed E-state index contributed by atoms with van der Waals surface area (Å²) in [5.74, 6) is 0.338. The molecule has 0 aliphatic carbocycles. The lowest BCUT2D eigenvalue weighted by atomic mass is 10.1. The number of amides is 1. The quantitative estimate of drug-likeness (QED) is 0.849. The van der Waals surface area contributed by atoms with Crippen LogP contribution in [-0.2, 0) is 27.8 Å². The molecule has 2 rings (SSSR count). The van der Waals surface area contributed by atoms with Crippen LogP contribution in [0.25, 0.3) is 0 Å². The van der Waals surface area contributed by atoms with Crippen molar-refractivity contribution in [1.29, 1.82) is 0 Å². The molecule has 23 heavy (non-hydrogen) atoms. The first-order valence-electron chi connectivity index (χ1n) is 7.77. The van der Waals surface area contributed by atoms with Crippen molar-refractivity contribution in [3.05, 3.63) is 70.8 Å². The second kappa shape index (κ2) is 8.63. The van der Waals surface area contributed by atoms with Gasteiger partial charge in [0.2, 0.25) is 5.91 Å². The Bertz CT molecular complexity index is 697. The number of carbonyl (C=O) groups is 1. The average molecular weight is 329 g/mol. The summed E-state index contributed by atoms with van der Waals surface area (Å²) in [7, 11) is -1.18. The molecule has 1 amide bonds. The maximum Gasteiger partial charge on any atom is 0.232 e. The molecule has 0 unspecified atom stereocenters. The SMILES string of the molecule is Cc1ccccc1CCNC(=O)C[S@@](=O)Cc1ccccc1C. The van der Waals surface area contributed by atoms with Crippen LogP contribution in [0.3, 0.4) is 0 Å². The molecular weight excluding hydrogens is 306 g/mol. The average Bonchev–Trinajstić information content (AvgIpc) is 2.51. The van der Waals surface area contributed by atoms with Gasteiger partial charge >= 0.3 is 0 Å². The Hall–Kier alpha value is -1.94. The minimum atomic E-state index is -1.18. The van der Waals surface area contributed by atoms with Crippen molar-refractivity contribution < 1.29 is 9.00 Å². The van der Waals surface area contributed by atoms with E-state index in [2.05, 4.69) is 24.4 Å². The zero-order valence-electron chi connectivity index (χ0n) is 13.7. The Labute approximate surface area is 140 Å². The van der Waals surface area contributed by atoms with Crippen LogP contribution in [0.4, 0.5) is 0 Å². The van der Waals surface area contributed by atoms with E-state index in [1.165, 1.54) is 11.1 Å². The first-order valence-corrected chi connectivity index (χ1v) is 9.26. The van der Waals surface area contributed by atoms with Crippen LogP contribution in [0.2, 0.25) is 0 Å². The fourth-order valence-electron chi connectivity index (χ4n) is 2.42. The highest BCUT2D eigenvalue weighted by atomic mass is 32.2. The summed E-state index contributed by atoms with van der Waals surface area (Å²) < 4.78 is 12.1. The third kappa shape index (κ3) is 5.64. The molecule has 0 aliphatic rings. The number of hydrogen-bond donors (Lipinski definition) is 1. The third-order valence-electron chi connectivity index (χ3n) is 3.85. The summed E-state index contributed by atoms with van der Waals surface area (Å²) in [5.41, 5.74) is 4.61. The Morgan fingerprint density at radius 1 is 0.957 bits per heavy atom. The van der Waals surface area contributed by atoms with Gasteiger partial charge in [0.1, 0.15) is 5.75 Å². The van der Waals surface area contributed by atoms with Crippen LogP contribution in [-0.4, -0.2) is 22.4 Å². The molecule has 0 heterocycles. The number of nitrogens with one attached hydrogen (secondary N) is 1. The van der Waals surface area contributed by atoms with Crippen molar-refractivity contribution >= 4 is 16.7 Å².